The average Bonchev–Trinajstić information content (AvgIpc) is 2.62. The topological polar surface area (TPSA) is 27.3 Å². The van der Waals surface area contributed by atoms with E-state index in [4.69, 9.17) is 0 Å². The number of benzene rings is 2. The first-order chi connectivity index (χ1) is 12.4. The van der Waals surface area contributed by atoms with Crippen LogP contribution in [0.5, 0.6) is 0 Å². The molecule has 2 rings (SSSR count). The lowest BCUT2D eigenvalue weighted by molar-refractivity contribution is -0.137. The third-order valence-corrected chi connectivity index (χ3v) is 4.14. The molecule has 0 radical (unpaired) electrons. The van der Waals surface area contributed by atoms with Gasteiger partial charge >= 0.3 is 6.18 Å². The largest absolute Gasteiger partial charge is 0.416 e. The third-order valence-electron chi connectivity index (χ3n) is 4.14. The van der Waals surface area contributed by atoms with Crippen LogP contribution in [-0.2, 0) is 12.7 Å². The minimum atomic E-state index is -4.31. The van der Waals surface area contributed by atoms with Crippen molar-refractivity contribution < 1.29 is 13.2 Å². The number of anilines is 3. The van der Waals surface area contributed by atoms with Crippen molar-refractivity contribution in [1.29, 1.82) is 0 Å². The molecule has 6 heteroatoms. The molecule has 0 saturated carbocycles. The van der Waals surface area contributed by atoms with Crippen molar-refractivity contribution in [2.45, 2.75) is 26.6 Å². The average molecular weight is 363 g/mol. The van der Waals surface area contributed by atoms with Crippen LogP contribution in [0.1, 0.15) is 25.0 Å². The Kier molecular flexibility index (Phi) is 6.55. The summed E-state index contributed by atoms with van der Waals surface area (Å²) in [6.07, 6.45) is -2.67. The van der Waals surface area contributed by atoms with Crippen LogP contribution in [0.2, 0.25) is 0 Å². The minimum Gasteiger partial charge on any atom is -0.381 e. The number of nitrogens with one attached hydrogen (secondary N) is 2. The highest BCUT2D eigenvalue weighted by Crippen LogP contribution is 2.31. The normalized spacial score (nSPS) is 11.1. The zero-order valence-electron chi connectivity index (χ0n) is 15.0. The fourth-order valence-corrected chi connectivity index (χ4v) is 2.72. The van der Waals surface area contributed by atoms with Crippen molar-refractivity contribution in [2.24, 2.45) is 0 Å². The summed E-state index contributed by atoms with van der Waals surface area (Å²) < 4.78 is 37.9. The summed E-state index contributed by atoms with van der Waals surface area (Å²) in [4.78, 5) is 2.22. The quantitative estimate of drug-likeness (QED) is 0.628. The molecule has 0 fully saturated rings. The van der Waals surface area contributed by atoms with Crippen LogP contribution < -0.4 is 15.5 Å². The molecule has 0 aliphatic carbocycles. The Bertz CT molecular complexity index is 720. The molecule has 0 heterocycles. The minimum absolute atomic E-state index is 0.448. The van der Waals surface area contributed by atoms with Gasteiger partial charge in [0, 0.05) is 25.3 Å². The maximum Gasteiger partial charge on any atom is 0.416 e. The van der Waals surface area contributed by atoms with Gasteiger partial charge in [0.25, 0.3) is 0 Å². The first-order valence-electron chi connectivity index (χ1n) is 8.55. The van der Waals surface area contributed by atoms with E-state index in [1.165, 1.54) is 12.1 Å². The maximum absolute atomic E-state index is 12.6. The molecule has 0 aliphatic heterocycles. The fourth-order valence-electron chi connectivity index (χ4n) is 2.72. The van der Waals surface area contributed by atoms with E-state index in [9.17, 15) is 13.2 Å². The van der Waals surface area contributed by atoms with E-state index in [1.807, 2.05) is 18.2 Å². The fraction of sp³-hybridized carbons (Fsp3) is 0.300. The second-order valence-corrected chi connectivity index (χ2v) is 5.80. The molecule has 0 spiro atoms. The molecular weight excluding hydrogens is 339 g/mol. The summed E-state index contributed by atoms with van der Waals surface area (Å²) in [5.41, 5.74) is 3.07. The van der Waals surface area contributed by atoms with E-state index in [1.54, 1.807) is 6.20 Å². The molecular formula is C20H24F3N3. The highest BCUT2D eigenvalue weighted by atomic mass is 19.4. The van der Waals surface area contributed by atoms with Crippen LogP contribution in [0.3, 0.4) is 0 Å². The predicted octanol–water partition coefficient (Wildman–Crippen LogP) is 5.72. The van der Waals surface area contributed by atoms with Gasteiger partial charge in [0.2, 0.25) is 0 Å². The molecule has 2 aromatic carbocycles. The van der Waals surface area contributed by atoms with Crippen LogP contribution >= 0.6 is 0 Å². The van der Waals surface area contributed by atoms with Gasteiger partial charge in [-0.15, -0.1) is 0 Å². The van der Waals surface area contributed by atoms with Gasteiger partial charge in [-0.3, -0.25) is 0 Å². The summed E-state index contributed by atoms with van der Waals surface area (Å²) in [7, 11) is 0. The Morgan fingerprint density at radius 3 is 2.23 bits per heavy atom. The molecule has 0 aromatic heterocycles. The number of rotatable bonds is 8. The zero-order valence-corrected chi connectivity index (χ0v) is 15.0. The summed E-state index contributed by atoms with van der Waals surface area (Å²) >= 11 is 0. The highest BCUT2D eigenvalue weighted by molar-refractivity contribution is 5.75. The molecule has 0 atom stereocenters. The van der Waals surface area contributed by atoms with Gasteiger partial charge in [-0.25, -0.2) is 0 Å². The van der Waals surface area contributed by atoms with Gasteiger partial charge in [-0.1, -0.05) is 18.7 Å². The number of hydrogen-bond donors (Lipinski definition) is 2. The summed E-state index contributed by atoms with van der Waals surface area (Å²) in [6.45, 7) is 10.1. The number of halogens is 3. The van der Waals surface area contributed by atoms with Crippen molar-refractivity contribution in [2.75, 3.05) is 28.6 Å². The second kappa shape index (κ2) is 8.65. The van der Waals surface area contributed by atoms with E-state index < -0.39 is 11.7 Å². The molecule has 0 bridgehead atoms. The molecule has 2 aromatic rings. The third kappa shape index (κ3) is 4.94. The van der Waals surface area contributed by atoms with E-state index in [2.05, 4.69) is 36.0 Å². The lowest BCUT2D eigenvalue weighted by Gasteiger charge is -2.25. The van der Waals surface area contributed by atoms with Crippen molar-refractivity contribution in [3.05, 3.63) is 66.4 Å². The van der Waals surface area contributed by atoms with Crippen molar-refractivity contribution in [3.63, 3.8) is 0 Å². The van der Waals surface area contributed by atoms with Crippen molar-refractivity contribution >= 4 is 17.1 Å². The summed E-state index contributed by atoms with van der Waals surface area (Å²) in [5.74, 6) is 0. The standard InChI is InChI=1S/C20H24F3N3/c1-4-24-18-12-11-17(13-19(18)26(5-2)6-3)25-14-15-7-9-16(10-8-15)20(21,22)23/h4,7-13,24-25H,1,5-6,14H2,2-3H3. The molecule has 0 saturated heterocycles. The molecule has 2 N–H and O–H groups in total. The number of alkyl halides is 3. The lowest BCUT2D eigenvalue weighted by atomic mass is 10.1. The first-order valence-corrected chi connectivity index (χ1v) is 8.55. The van der Waals surface area contributed by atoms with Crippen LogP contribution in [-0.4, -0.2) is 13.1 Å². The Hall–Kier alpha value is -2.63. The molecule has 0 unspecified atom stereocenters. The van der Waals surface area contributed by atoms with E-state index >= 15 is 0 Å². The lowest BCUT2D eigenvalue weighted by Crippen LogP contribution is -2.22. The van der Waals surface area contributed by atoms with Crippen LogP contribution in [0.15, 0.2) is 55.2 Å². The Morgan fingerprint density at radius 2 is 1.69 bits per heavy atom. The summed E-state index contributed by atoms with van der Waals surface area (Å²) in [5, 5.41) is 6.40. The number of nitrogens with zero attached hydrogens (tertiary/aromatic N) is 1. The molecule has 3 nitrogen and oxygen atoms in total. The van der Waals surface area contributed by atoms with Crippen LogP contribution in [0.25, 0.3) is 0 Å². The van der Waals surface area contributed by atoms with E-state index in [0.29, 0.717) is 6.54 Å². The van der Waals surface area contributed by atoms with E-state index in [0.717, 1.165) is 47.8 Å². The van der Waals surface area contributed by atoms with E-state index in [-0.39, 0.29) is 0 Å². The zero-order chi connectivity index (χ0) is 19.2. The van der Waals surface area contributed by atoms with Gasteiger partial charge in [0.1, 0.15) is 0 Å². The van der Waals surface area contributed by atoms with Gasteiger partial charge in [-0.2, -0.15) is 13.2 Å². The Labute approximate surface area is 152 Å². The highest BCUT2D eigenvalue weighted by Gasteiger charge is 2.29. The molecule has 26 heavy (non-hydrogen) atoms. The molecule has 0 amide bonds. The number of hydrogen-bond acceptors (Lipinski definition) is 3. The molecule has 0 aliphatic rings. The molecule has 140 valence electrons. The second-order valence-electron chi connectivity index (χ2n) is 5.80. The summed E-state index contributed by atoms with van der Waals surface area (Å²) in [6, 6.07) is 11.1. The van der Waals surface area contributed by atoms with Crippen molar-refractivity contribution in [3.8, 4) is 0 Å². The Morgan fingerprint density at radius 1 is 1.04 bits per heavy atom. The van der Waals surface area contributed by atoms with Gasteiger partial charge in [0.15, 0.2) is 0 Å². The maximum atomic E-state index is 12.6. The van der Waals surface area contributed by atoms with Crippen LogP contribution in [0.4, 0.5) is 30.2 Å². The first kappa shape index (κ1) is 19.7. The monoisotopic (exact) mass is 363 g/mol. The smallest absolute Gasteiger partial charge is 0.381 e. The van der Waals surface area contributed by atoms with Gasteiger partial charge < -0.3 is 15.5 Å². The van der Waals surface area contributed by atoms with Crippen LogP contribution in [0, 0.1) is 0 Å². The predicted molar refractivity (Wildman–Crippen MR) is 103 cm³/mol. The van der Waals surface area contributed by atoms with Gasteiger partial charge in [-0.05, 0) is 55.9 Å². The SMILES string of the molecule is C=CNc1ccc(NCc2ccc(C(F)(F)F)cc2)cc1N(CC)CC. The van der Waals surface area contributed by atoms with Crippen molar-refractivity contribution in [1.82, 2.24) is 0 Å². The van der Waals surface area contributed by atoms with Gasteiger partial charge in [0.05, 0.1) is 16.9 Å². The Balaban J connectivity index is 2.14.